The van der Waals surface area contributed by atoms with Gasteiger partial charge in [0.25, 0.3) is 0 Å². The van der Waals surface area contributed by atoms with E-state index >= 15 is 4.39 Å². The van der Waals surface area contributed by atoms with Crippen molar-refractivity contribution in [2.75, 3.05) is 13.1 Å². The number of terminal acetylenes is 1. The van der Waals surface area contributed by atoms with Crippen LogP contribution in [0.5, 0.6) is 5.75 Å². The Morgan fingerprint density at radius 1 is 1.21 bits per heavy atom. The number of aromatic nitrogens is 3. The fourth-order valence-corrected chi connectivity index (χ4v) is 5.26. The monoisotopic (exact) mass is 530 g/mol. The van der Waals surface area contributed by atoms with E-state index in [-0.39, 0.29) is 22.6 Å². The van der Waals surface area contributed by atoms with Crippen molar-refractivity contribution in [3.8, 4) is 29.4 Å². The maximum Gasteiger partial charge on any atom is 0.490 e. The molecule has 7 nitrogen and oxygen atoms in total. The number of hydrogen-bond donors (Lipinski definition) is 3. The van der Waals surface area contributed by atoms with Gasteiger partial charge in [0.2, 0.25) is 0 Å². The smallest absolute Gasteiger partial charge is 0.490 e. The molecular weight excluding hydrogens is 511 g/mol. The minimum Gasteiger partial charge on any atom is -0.508 e. The number of halogens is 5. The zero-order valence-corrected chi connectivity index (χ0v) is 19.6. The standard InChI is InChI=1S/C24H18F2N4O.C2HF3O2/c1-3-13-18(25)5-4-11-6-12(31)7-14(19(11)13)23-21(26)24-17(10-28-23)22(29-30(24)2)20-15-8-27-9-16(15)20;3-2(4,5)1(6)7/h1,4-7,10,15-16,20,27,31H,8-9H2,2H3;(H,6,7)/t15-,16+,20?;. The highest BCUT2D eigenvalue weighted by atomic mass is 19.4. The molecule has 1 saturated heterocycles. The number of carboxylic acid groups (broad SMARTS) is 1. The molecule has 2 aliphatic rings. The number of alkyl halides is 3. The number of nitrogens with zero attached hydrogens (tertiary/aromatic N) is 3. The van der Waals surface area contributed by atoms with Crippen LogP contribution in [0.2, 0.25) is 0 Å². The summed E-state index contributed by atoms with van der Waals surface area (Å²) in [5, 5.41) is 26.9. The van der Waals surface area contributed by atoms with Gasteiger partial charge in [0.15, 0.2) is 5.82 Å². The largest absolute Gasteiger partial charge is 0.508 e. The average molecular weight is 530 g/mol. The van der Waals surface area contributed by atoms with Gasteiger partial charge in [-0.1, -0.05) is 12.0 Å². The summed E-state index contributed by atoms with van der Waals surface area (Å²) in [4.78, 5) is 13.3. The highest BCUT2D eigenvalue weighted by Gasteiger charge is 2.55. The summed E-state index contributed by atoms with van der Waals surface area (Å²) in [5.41, 5.74) is 1.48. The number of hydrogen-bond acceptors (Lipinski definition) is 5. The molecular formula is C26H19F5N4O3. The second kappa shape index (κ2) is 8.95. The predicted molar refractivity (Wildman–Crippen MR) is 127 cm³/mol. The van der Waals surface area contributed by atoms with E-state index in [0.29, 0.717) is 39.4 Å². The fourth-order valence-electron chi connectivity index (χ4n) is 5.26. The maximum absolute atomic E-state index is 15.8. The van der Waals surface area contributed by atoms with Crippen molar-refractivity contribution >= 4 is 27.6 Å². The molecule has 2 aromatic carbocycles. The van der Waals surface area contributed by atoms with Gasteiger partial charge in [-0.3, -0.25) is 9.67 Å². The van der Waals surface area contributed by atoms with E-state index in [1.165, 1.54) is 24.3 Å². The molecule has 3 N–H and O–H groups in total. The summed E-state index contributed by atoms with van der Waals surface area (Å²) in [6, 6.07) is 5.58. The lowest BCUT2D eigenvalue weighted by Gasteiger charge is -2.12. The lowest BCUT2D eigenvalue weighted by molar-refractivity contribution is -0.192. The Hall–Kier alpha value is -4.24. The molecule has 6 rings (SSSR count). The lowest BCUT2D eigenvalue weighted by atomic mass is 9.95. The molecule has 2 aromatic heterocycles. The molecule has 1 unspecified atom stereocenters. The molecule has 0 radical (unpaired) electrons. The van der Waals surface area contributed by atoms with Gasteiger partial charge in [-0.25, -0.2) is 13.6 Å². The van der Waals surface area contributed by atoms with Gasteiger partial charge < -0.3 is 15.5 Å². The van der Waals surface area contributed by atoms with Gasteiger partial charge in [0.1, 0.15) is 22.8 Å². The number of aryl methyl sites for hydroxylation is 1. The Morgan fingerprint density at radius 2 is 1.87 bits per heavy atom. The van der Waals surface area contributed by atoms with Crippen LogP contribution in [-0.4, -0.2) is 50.2 Å². The molecule has 1 saturated carbocycles. The number of fused-ring (bicyclic) bond motifs is 3. The first-order valence-corrected chi connectivity index (χ1v) is 11.4. The van der Waals surface area contributed by atoms with E-state index in [1.807, 2.05) is 0 Å². The molecule has 12 heteroatoms. The first kappa shape index (κ1) is 25.4. The molecule has 0 spiro atoms. The zero-order valence-electron chi connectivity index (χ0n) is 19.6. The summed E-state index contributed by atoms with van der Waals surface area (Å²) in [6.07, 6.45) is 2.10. The summed E-state index contributed by atoms with van der Waals surface area (Å²) >= 11 is 0. The number of aliphatic carboxylic acids is 1. The third-order valence-electron chi connectivity index (χ3n) is 6.95. The molecule has 2 fully saturated rings. The number of nitrogens with one attached hydrogen (secondary N) is 1. The number of phenolic OH excluding ortho intramolecular Hbond substituents is 1. The van der Waals surface area contributed by atoms with Gasteiger partial charge in [-0.2, -0.15) is 18.3 Å². The number of aromatic hydroxyl groups is 1. The SMILES string of the molecule is C#Cc1c(F)ccc2cc(O)cc(-c3ncc4c(C5[C@H]6CNC[C@@H]56)nn(C)c4c3F)c12.O=C(O)C(F)(F)F. The van der Waals surface area contributed by atoms with Crippen LogP contribution >= 0.6 is 0 Å². The van der Waals surface area contributed by atoms with E-state index in [0.717, 1.165) is 18.8 Å². The van der Waals surface area contributed by atoms with Gasteiger partial charge >= 0.3 is 12.1 Å². The Morgan fingerprint density at radius 3 is 2.47 bits per heavy atom. The van der Waals surface area contributed by atoms with Crippen molar-refractivity contribution in [1.29, 1.82) is 0 Å². The number of pyridine rings is 1. The Balaban J connectivity index is 0.000000374. The van der Waals surface area contributed by atoms with E-state index in [9.17, 15) is 22.7 Å². The van der Waals surface area contributed by atoms with Crippen LogP contribution in [-0.2, 0) is 11.8 Å². The second-order valence-corrected chi connectivity index (χ2v) is 9.16. The number of carboxylic acids is 1. The molecule has 38 heavy (non-hydrogen) atoms. The predicted octanol–water partition coefficient (Wildman–Crippen LogP) is 4.32. The lowest BCUT2D eigenvalue weighted by Crippen LogP contribution is -2.21. The first-order valence-electron chi connectivity index (χ1n) is 11.4. The number of phenols is 1. The number of piperidine rings is 1. The fraction of sp³-hybridized carbons (Fsp3) is 0.269. The summed E-state index contributed by atoms with van der Waals surface area (Å²) < 4.78 is 63.5. The van der Waals surface area contributed by atoms with Crippen LogP contribution in [0, 0.1) is 35.8 Å². The Bertz CT molecular complexity index is 1650. The molecule has 3 atom stereocenters. The molecule has 1 aliphatic carbocycles. The quantitative estimate of drug-likeness (QED) is 0.264. The molecule has 0 bridgehead atoms. The summed E-state index contributed by atoms with van der Waals surface area (Å²) in [5.74, 6) is -0.236. The van der Waals surface area contributed by atoms with E-state index in [1.54, 1.807) is 17.9 Å². The van der Waals surface area contributed by atoms with Gasteiger partial charge in [0, 0.05) is 35.5 Å². The van der Waals surface area contributed by atoms with Crippen LogP contribution in [0.15, 0.2) is 30.5 Å². The van der Waals surface area contributed by atoms with Crippen LogP contribution in [0.1, 0.15) is 17.2 Å². The minimum atomic E-state index is -5.08. The third kappa shape index (κ3) is 4.09. The summed E-state index contributed by atoms with van der Waals surface area (Å²) in [7, 11) is 1.71. The first-order chi connectivity index (χ1) is 17.9. The highest BCUT2D eigenvalue weighted by molar-refractivity contribution is 6.02. The average Bonchev–Trinajstić information content (AvgIpc) is 3.15. The van der Waals surface area contributed by atoms with E-state index in [4.69, 9.17) is 16.3 Å². The highest BCUT2D eigenvalue weighted by Crippen LogP contribution is 2.56. The van der Waals surface area contributed by atoms with E-state index < -0.39 is 23.8 Å². The van der Waals surface area contributed by atoms with Crippen molar-refractivity contribution in [2.24, 2.45) is 18.9 Å². The van der Waals surface area contributed by atoms with Crippen molar-refractivity contribution in [3.05, 3.63) is 53.4 Å². The van der Waals surface area contributed by atoms with Crippen molar-refractivity contribution < 1.29 is 37.0 Å². The molecule has 4 aromatic rings. The number of rotatable bonds is 2. The van der Waals surface area contributed by atoms with Crippen LogP contribution < -0.4 is 5.32 Å². The van der Waals surface area contributed by atoms with Crippen molar-refractivity contribution in [2.45, 2.75) is 12.1 Å². The number of benzene rings is 2. The molecule has 0 amide bonds. The van der Waals surface area contributed by atoms with E-state index in [2.05, 4.69) is 21.3 Å². The molecule has 196 valence electrons. The third-order valence-corrected chi connectivity index (χ3v) is 6.95. The summed E-state index contributed by atoms with van der Waals surface area (Å²) in [6.45, 7) is 1.91. The van der Waals surface area contributed by atoms with Gasteiger partial charge in [-0.15, -0.1) is 6.42 Å². The molecule has 1 aliphatic heterocycles. The van der Waals surface area contributed by atoms with Crippen molar-refractivity contribution in [3.63, 3.8) is 0 Å². The molecule has 3 heterocycles. The normalized spacial score (nSPS) is 20.1. The zero-order chi connectivity index (χ0) is 27.5. The Kier molecular flexibility index (Phi) is 5.99. The minimum absolute atomic E-state index is 0.00251. The van der Waals surface area contributed by atoms with Crippen LogP contribution in [0.25, 0.3) is 32.9 Å². The van der Waals surface area contributed by atoms with Crippen LogP contribution in [0.4, 0.5) is 22.0 Å². The number of carbonyl (C=O) groups is 1. The topological polar surface area (TPSA) is 100 Å². The maximum atomic E-state index is 15.8. The Labute approximate surface area is 211 Å². The van der Waals surface area contributed by atoms with Crippen molar-refractivity contribution in [1.82, 2.24) is 20.1 Å². The van der Waals surface area contributed by atoms with Gasteiger partial charge in [-0.05, 0) is 48.5 Å². The van der Waals surface area contributed by atoms with Gasteiger partial charge in [0.05, 0.1) is 11.3 Å². The second-order valence-electron chi connectivity index (χ2n) is 9.16. The van der Waals surface area contributed by atoms with Crippen LogP contribution in [0.3, 0.4) is 0 Å².